The molecular weight excluding hydrogens is 456 g/mol. The normalized spacial score (nSPS) is 20.3. The number of aryl methyl sites for hydroxylation is 1. The van der Waals surface area contributed by atoms with Crippen molar-refractivity contribution in [1.29, 1.82) is 0 Å². The number of hydrogen-bond acceptors (Lipinski definition) is 6. The molecule has 2 aromatic heterocycles. The van der Waals surface area contributed by atoms with Gasteiger partial charge in [-0.05, 0) is 74.2 Å². The standard InChI is InChI=1S/C27H25N4O3Si/c1-17-4-5-19(34-16-27(35)8-10-30-27)15-21(17)24(32)31-26(6-7-26)22-13-18(25-29-11-12-33-25)14-23-20(22)3-2-9-28-23/h2-5,9,11-15,30H,6-8,10,16H2,1H3,(H,31,32). The molecule has 2 aliphatic rings. The number of nitrogens with zero attached hydrogens (tertiary/aromatic N) is 2. The van der Waals surface area contributed by atoms with Crippen LogP contribution in [0, 0.1) is 6.92 Å². The van der Waals surface area contributed by atoms with Crippen molar-refractivity contribution in [3.63, 3.8) is 0 Å². The highest BCUT2D eigenvalue weighted by molar-refractivity contribution is 6.16. The van der Waals surface area contributed by atoms with Gasteiger partial charge in [-0.25, -0.2) is 4.98 Å². The Morgan fingerprint density at radius 1 is 1.17 bits per heavy atom. The fourth-order valence-corrected chi connectivity index (χ4v) is 4.95. The van der Waals surface area contributed by atoms with Crippen LogP contribution in [0.4, 0.5) is 0 Å². The highest BCUT2D eigenvalue weighted by Gasteiger charge is 2.47. The molecule has 4 aromatic rings. The van der Waals surface area contributed by atoms with E-state index in [1.807, 2.05) is 43.3 Å². The second kappa shape index (κ2) is 8.32. The summed E-state index contributed by atoms with van der Waals surface area (Å²) in [5, 5.41) is 7.48. The fraction of sp³-hybridized carbons (Fsp3) is 0.296. The van der Waals surface area contributed by atoms with E-state index in [0.717, 1.165) is 53.4 Å². The summed E-state index contributed by atoms with van der Waals surface area (Å²) in [5.41, 5.74) is 3.78. The van der Waals surface area contributed by atoms with E-state index >= 15 is 0 Å². The molecule has 3 heterocycles. The molecule has 1 aliphatic heterocycles. The summed E-state index contributed by atoms with van der Waals surface area (Å²) >= 11 is 0. The van der Waals surface area contributed by atoms with Crippen LogP contribution < -0.4 is 15.4 Å². The first-order valence-corrected chi connectivity index (χ1v) is 12.3. The van der Waals surface area contributed by atoms with E-state index in [9.17, 15) is 4.79 Å². The molecule has 8 heteroatoms. The number of hydrogen-bond donors (Lipinski definition) is 2. The number of nitrogens with one attached hydrogen (secondary N) is 2. The fourth-order valence-electron chi connectivity index (χ4n) is 4.63. The molecule has 35 heavy (non-hydrogen) atoms. The van der Waals surface area contributed by atoms with Gasteiger partial charge >= 0.3 is 0 Å². The van der Waals surface area contributed by atoms with E-state index in [1.54, 1.807) is 18.7 Å². The summed E-state index contributed by atoms with van der Waals surface area (Å²) in [7, 11) is 3.73. The molecule has 1 aliphatic carbocycles. The van der Waals surface area contributed by atoms with Crippen molar-refractivity contribution in [2.75, 3.05) is 13.2 Å². The van der Waals surface area contributed by atoms with Gasteiger partial charge in [0.15, 0.2) is 0 Å². The number of carbonyl (C=O) groups is 1. The third-order valence-electron chi connectivity index (χ3n) is 6.97. The topological polar surface area (TPSA) is 89.3 Å². The Hall–Kier alpha value is -3.49. The first kappa shape index (κ1) is 22.0. The number of oxazole rings is 1. The van der Waals surface area contributed by atoms with E-state index in [-0.39, 0.29) is 11.1 Å². The Morgan fingerprint density at radius 3 is 2.74 bits per heavy atom. The van der Waals surface area contributed by atoms with Crippen LogP contribution in [-0.4, -0.2) is 44.4 Å². The summed E-state index contributed by atoms with van der Waals surface area (Å²) < 4.78 is 11.5. The number of ether oxygens (including phenoxy) is 1. The van der Waals surface area contributed by atoms with Crippen molar-refractivity contribution < 1.29 is 13.9 Å². The van der Waals surface area contributed by atoms with Crippen molar-refractivity contribution >= 4 is 27.1 Å². The monoisotopic (exact) mass is 481 g/mol. The second-order valence-corrected chi connectivity index (χ2v) is 10.4. The van der Waals surface area contributed by atoms with E-state index < -0.39 is 5.54 Å². The van der Waals surface area contributed by atoms with Crippen LogP contribution in [0.25, 0.3) is 22.4 Å². The summed E-state index contributed by atoms with van der Waals surface area (Å²) in [6.45, 7) is 3.41. The minimum absolute atomic E-state index is 0.112. The van der Waals surface area contributed by atoms with Gasteiger partial charge < -0.3 is 19.8 Å². The first-order chi connectivity index (χ1) is 16.9. The largest absolute Gasteiger partial charge is 0.492 e. The van der Waals surface area contributed by atoms with Crippen LogP contribution in [-0.2, 0) is 5.54 Å². The van der Waals surface area contributed by atoms with E-state index in [0.29, 0.717) is 23.8 Å². The number of amides is 1. The number of benzene rings is 2. The number of pyridine rings is 1. The zero-order chi connectivity index (χ0) is 24.0. The molecule has 1 unspecified atom stereocenters. The summed E-state index contributed by atoms with van der Waals surface area (Å²) in [6.07, 6.45) is 7.66. The van der Waals surface area contributed by atoms with Crippen molar-refractivity contribution in [2.24, 2.45) is 0 Å². The highest BCUT2D eigenvalue weighted by atomic mass is 28.1. The highest BCUT2D eigenvalue weighted by Crippen LogP contribution is 2.49. The Kier molecular flexibility index (Phi) is 5.23. The predicted molar refractivity (Wildman–Crippen MR) is 133 cm³/mol. The van der Waals surface area contributed by atoms with Gasteiger partial charge in [0.1, 0.15) is 18.6 Å². The van der Waals surface area contributed by atoms with Crippen LogP contribution in [0.1, 0.15) is 40.7 Å². The lowest BCUT2D eigenvalue weighted by Gasteiger charge is -2.39. The molecule has 2 aromatic carbocycles. The Labute approximate surface area is 206 Å². The molecule has 1 saturated carbocycles. The second-order valence-electron chi connectivity index (χ2n) is 9.49. The van der Waals surface area contributed by atoms with Gasteiger partial charge in [-0.1, -0.05) is 12.1 Å². The third-order valence-corrected chi connectivity index (χ3v) is 7.54. The van der Waals surface area contributed by atoms with Gasteiger partial charge in [-0.3, -0.25) is 9.78 Å². The lowest BCUT2D eigenvalue weighted by atomic mass is 9.95. The Balaban J connectivity index is 1.30. The van der Waals surface area contributed by atoms with E-state index in [1.165, 1.54) is 0 Å². The molecule has 1 atom stereocenters. The molecule has 1 amide bonds. The molecule has 175 valence electrons. The smallest absolute Gasteiger partial charge is 0.252 e. The molecule has 3 radical (unpaired) electrons. The van der Waals surface area contributed by atoms with Crippen LogP contribution in [0.5, 0.6) is 5.75 Å². The molecule has 2 fully saturated rings. The van der Waals surface area contributed by atoms with Crippen molar-refractivity contribution in [3.8, 4) is 17.2 Å². The minimum Gasteiger partial charge on any atom is -0.492 e. The van der Waals surface area contributed by atoms with Crippen LogP contribution in [0.3, 0.4) is 0 Å². The lowest BCUT2D eigenvalue weighted by Crippen LogP contribution is -2.61. The number of fused-ring (bicyclic) bond motifs is 1. The molecule has 2 N–H and O–H groups in total. The van der Waals surface area contributed by atoms with Crippen molar-refractivity contribution in [3.05, 3.63) is 77.8 Å². The average Bonchev–Trinajstić information content (AvgIpc) is 3.41. The lowest BCUT2D eigenvalue weighted by molar-refractivity contribution is 0.0930. The first-order valence-electron chi connectivity index (χ1n) is 11.8. The van der Waals surface area contributed by atoms with Crippen LogP contribution >= 0.6 is 0 Å². The number of carbonyl (C=O) groups excluding carboxylic acids is 1. The van der Waals surface area contributed by atoms with Crippen molar-refractivity contribution in [1.82, 2.24) is 20.6 Å². The van der Waals surface area contributed by atoms with Gasteiger partial charge in [-0.2, -0.15) is 0 Å². The zero-order valence-corrected chi connectivity index (χ0v) is 20.4. The Bertz CT molecular complexity index is 1410. The zero-order valence-electron chi connectivity index (χ0n) is 19.4. The molecule has 1 saturated heterocycles. The number of rotatable bonds is 7. The molecular formula is C27H25N4O3Si. The van der Waals surface area contributed by atoms with Crippen LogP contribution in [0.2, 0.25) is 0 Å². The maximum atomic E-state index is 13.5. The van der Waals surface area contributed by atoms with Crippen molar-refractivity contribution in [2.45, 2.75) is 36.9 Å². The molecule has 7 nitrogen and oxygen atoms in total. The SMILES string of the molecule is Cc1ccc(OCC2([Si])CCN2)cc1C(=O)NC1(c2cc(-c3ncco3)cc3ncccc23)CC1. The van der Waals surface area contributed by atoms with Gasteiger partial charge in [0.05, 0.1) is 27.5 Å². The maximum absolute atomic E-state index is 13.5. The van der Waals surface area contributed by atoms with E-state index in [2.05, 4.69) is 36.9 Å². The minimum atomic E-state index is -0.459. The summed E-state index contributed by atoms with van der Waals surface area (Å²) in [4.78, 5) is 22.4. The molecule has 0 bridgehead atoms. The molecule has 6 rings (SSSR count). The quantitative estimate of drug-likeness (QED) is 0.390. The van der Waals surface area contributed by atoms with Gasteiger partial charge in [0.25, 0.3) is 5.91 Å². The van der Waals surface area contributed by atoms with E-state index in [4.69, 9.17) is 9.15 Å². The maximum Gasteiger partial charge on any atom is 0.252 e. The third kappa shape index (κ3) is 4.13. The van der Waals surface area contributed by atoms with Gasteiger partial charge in [0.2, 0.25) is 5.89 Å². The number of aromatic nitrogens is 2. The van der Waals surface area contributed by atoms with Gasteiger partial charge in [0, 0.05) is 27.9 Å². The van der Waals surface area contributed by atoms with Gasteiger partial charge in [-0.15, -0.1) is 0 Å². The Morgan fingerprint density at radius 2 is 2.03 bits per heavy atom. The molecule has 0 spiro atoms. The predicted octanol–water partition coefficient (Wildman–Crippen LogP) is 3.85. The van der Waals surface area contributed by atoms with Crippen LogP contribution in [0.15, 0.2) is 65.5 Å². The summed E-state index contributed by atoms with van der Waals surface area (Å²) in [5.74, 6) is 1.10. The summed E-state index contributed by atoms with van der Waals surface area (Å²) in [6, 6.07) is 13.7. The average molecular weight is 482 g/mol.